The fraction of sp³-hybridized carbons (Fsp3) is 0.625. The average Bonchev–Trinajstić information content (AvgIpc) is 3.08. The first kappa shape index (κ1) is 14.5. The van der Waals surface area contributed by atoms with E-state index in [4.69, 9.17) is 10.1 Å². The van der Waals surface area contributed by atoms with Crippen molar-refractivity contribution in [1.82, 2.24) is 19.4 Å². The van der Waals surface area contributed by atoms with Crippen LogP contribution in [0.3, 0.4) is 0 Å². The van der Waals surface area contributed by atoms with E-state index < -0.39 is 0 Å². The van der Waals surface area contributed by atoms with Crippen LogP contribution in [0.25, 0.3) is 11.2 Å². The van der Waals surface area contributed by atoms with Gasteiger partial charge in [-0.1, -0.05) is 0 Å². The zero-order chi connectivity index (χ0) is 14.8. The highest BCUT2D eigenvalue weighted by atomic mass is 16.2. The molecule has 2 aromatic rings. The summed E-state index contributed by atoms with van der Waals surface area (Å²) in [6.45, 7) is 6.90. The van der Waals surface area contributed by atoms with Gasteiger partial charge in [-0.3, -0.25) is 4.90 Å². The van der Waals surface area contributed by atoms with Crippen molar-refractivity contribution in [2.45, 2.75) is 45.2 Å². The summed E-state index contributed by atoms with van der Waals surface area (Å²) >= 11 is 0. The molecule has 0 saturated carbocycles. The standard InChI is InChI=1S/C16H24N4O/c1-12(2)19-9-7-13(11-19)20-15(6-4-10-21)18-14-5-3-8-17-16(14)20/h3,5,8,12-13,21H,4,6-7,9-11H2,1-2H3. The molecule has 3 heterocycles. The lowest BCUT2D eigenvalue weighted by molar-refractivity contribution is 0.264. The highest BCUT2D eigenvalue weighted by molar-refractivity contribution is 5.71. The van der Waals surface area contributed by atoms with Gasteiger partial charge in [0.15, 0.2) is 5.65 Å². The van der Waals surface area contributed by atoms with Crippen LogP contribution in [0, 0.1) is 0 Å². The van der Waals surface area contributed by atoms with Crippen molar-refractivity contribution in [1.29, 1.82) is 0 Å². The Kier molecular flexibility index (Phi) is 4.22. The molecule has 0 spiro atoms. The molecule has 2 aromatic heterocycles. The van der Waals surface area contributed by atoms with E-state index in [1.807, 2.05) is 18.3 Å². The average molecular weight is 288 g/mol. The third-order valence-electron chi connectivity index (χ3n) is 4.37. The van der Waals surface area contributed by atoms with Crippen molar-refractivity contribution < 1.29 is 5.11 Å². The van der Waals surface area contributed by atoms with E-state index in [2.05, 4.69) is 28.3 Å². The molecule has 5 nitrogen and oxygen atoms in total. The SMILES string of the molecule is CC(C)N1CCC(n2c(CCCO)nc3cccnc32)C1. The van der Waals surface area contributed by atoms with Crippen molar-refractivity contribution in [3.05, 3.63) is 24.2 Å². The number of aliphatic hydroxyl groups excluding tert-OH is 1. The number of aliphatic hydroxyl groups is 1. The topological polar surface area (TPSA) is 54.2 Å². The minimum absolute atomic E-state index is 0.208. The summed E-state index contributed by atoms with van der Waals surface area (Å²) in [4.78, 5) is 11.8. The maximum atomic E-state index is 9.11. The Balaban J connectivity index is 1.95. The number of hydrogen-bond acceptors (Lipinski definition) is 4. The fourth-order valence-corrected chi connectivity index (χ4v) is 3.22. The first-order valence-corrected chi connectivity index (χ1v) is 7.87. The number of likely N-dealkylation sites (tertiary alicyclic amines) is 1. The van der Waals surface area contributed by atoms with Crippen molar-refractivity contribution >= 4 is 11.2 Å². The molecule has 1 N–H and O–H groups in total. The second kappa shape index (κ2) is 6.12. The first-order valence-electron chi connectivity index (χ1n) is 7.87. The van der Waals surface area contributed by atoms with Gasteiger partial charge in [0.1, 0.15) is 11.3 Å². The summed E-state index contributed by atoms with van der Waals surface area (Å²) in [7, 11) is 0. The Hall–Kier alpha value is -1.46. The van der Waals surface area contributed by atoms with Gasteiger partial charge in [-0.25, -0.2) is 9.97 Å². The van der Waals surface area contributed by atoms with E-state index in [0.29, 0.717) is 12.1 Å². The predicted octanol–water partition coefficient (Wildman–Crippen LogP) is 2.01. The third-order valence-corrected chi connectivity index (χ3v) is 4.37. The van der Waals surface area contributed by atoms with Crippen LogP contribution in [0.4, 0.5) is 0 Å². The number of rotatable bonds is 5. The van der Waals surface area contributed by atoms with Gasteiger partial charge < -0.3 is 9.67 Å². The highest BCUT2D eigenvalue weighted by Crippen LogP contribution is 2.28. The molecule has 1 fully saturated rings. The lowest BCUT2D eigenvalue weighted by atomic mass is 10.2. The lowest BCUT2D eigenvalue weighted by Gasteiger charge is -2.21. The summed E-state index contributed by atoms with van der Waals surface area (Å²) in [5.74, 6) is 1.06. The van der Waals surface area contributed by atoms with Gasteiger partial charge in [-0.05, 0) is 38.8 Å². The molecule has 3 rings (SSSR count). The molecule has 0 radical (unpaired) electrons. The molecule has 0 aromatic carbocycles. The molecule has 1 unspecified atom stereocenters. The maximum Gasteiger partial charge on any atom is 0.160 e. The second-order valence-electron chi connectivity index (χ2n) is 6.10. The quantitative estimate of drug-likeness (QED) is 0.914. The highest BCUT2D eigenvalue weighted by Gasteiger charge is 2.28. The van der Waals surface area contributed by atoms with Gasteiger partial charge in [0.25, 0.3) is 0 Å². The second-order valence-corrected chi connectivity index (χ2v) is 6.10. The van der Waals surface area contributed by atoms with E-state index in [9.17, 15) is 0 Å². The van der Waals surface area contributed by atoms with Crippen molar-refractivity contribution in [3.63, 3.8) is 0 Å². The fourth-order valence-electron chi connectivity index (χ4n) is 3.22. The Bertz CT molecular complexity index is 607. The normalized spacial score (nSPS) is 19.9. The molecular weight excluding hydrogens is 264 g/mol. The number of aryl methyl sites for hydroxylation is 1. The van der Waals surface area contributed by atoms with Crippen molar-refractivity contribution in [2.24, 2.45) is 0 Å². The van der Waals surface area contributed by atoms with Gasteiger partial charge >= 0.3 is 0 Å². The van der Waals surface area contributed by atoms with Crippen LogP contribution in [0.15, 0.2) is 18.3 Å². The summed E-state index contributed by atoms with van der Waals surface area (Å²) in [6.07, 6.45) is 4.55. The van der Waals surface area contributed by atoms with Gasteiger partial charge in [0.05, 0.1) is 6.04 Å². The van der Waals surface area contributed by atoms with Crippen LogP contribution < -0.4 is 0 Å². The van der Waals surface area contributed by atoms with Gasteiger partial charge in [0.2, 0.25) is 0 Å². The number of nitrogens with zero attached hydrogens (tertiary/aromatic N) is 4. The van der Waals surface area contributed by atoms with E-state index in [1.165, 1.54) is 0 Å². The predicted molar refractivity (Wildman–Crippen MR) is 83.3 cm³/mol. The van der Waals surface area contributed by atoms with E-state index in [0.717, 1.165) is 49.3 Å². The van der Waals surface area contributed by atoms with Crippen LogP contribution >= 0.6 is 0 Å². The minimum atomic E-state index is 0.208. The number of aromatic nitrogens is 3. The monoisotopic (exact) mass is 288 g/mol. The molecule has 1 saturated heterocycles. The van der Waals surface area contributed by atoms with Crippen LogP contribution in [-0.4, -0.2) is 50.3 Å². The molecule has 1 aliphatic heterocycles. The molecule has 1 aliphatic rings. The van der Waals surface area contributed by atoms with E-state index >= 15 is 0 Å². The number of pyridine rings is 1. The molecule has 0 bridgehead atoms. The van der Waals surface area contributed by atoms with E-state index in [1.54, 1.807) is 0 Å². The van der Waals surface area contributed by atoms with Crippen molar-refractivity contribution in [2.75, 3.05) is 19.7 Å². The minimum Gasteiger partial charge on any atom is -0.396 e. The van der Waals surface area contributed by atoms with Crippen LogP contribution in [0.1, 0.15) is 38.6 Å². The molecule has 5 heteroatoms. The molecular formula is C16H24N4O. The van der Waals surface area contributed by atoms with Gasteiger partial charge in [-0.2, -0.15) is 0 Å². The number of imidazole rings is 1. The molecule has 0 aliphatic carbocycles. The smallest absolute Gasteiger partial charge is 0.160 e. The Morgan fingerprint density at radius 2 is 2.29 bits per heavy atom. The summed E-state index contributed by atoms with van der Waals surface area (Å²) in [5, 5.41) is 9.11. The first-order chi connectivity index (χ1) is 10.2. The maximum absolute atomic E-state index is 9.11. The number of fused-ring (bicyclic) bond motifs is 1. The summed E-state index contributed by atoms with van der Waals surface area (Å²) < 4.78 is 2.31. The largest absolute Gasteiger partial charge is 0.396 e. The van der Waals surface area contributed by atoms with Crippen LogP contribution in [0.2, 0.25) is 0 Å². The van der Waals surface area contributed by atoms with Crippen LogP contribution in [-0.2, 0) is 6.42 Å². The summed E-state index contributed by atoms with van der Waals surface area (Å²) in [6, 6.07) is 4.99. The van der Waals surface area contributed by atoms with Crippen LogP contribution in [0.5, 0.6) is 0 Å². The lowest BCUT2D eigenvalue weighted by Crippen LogP contribution is -2.29. The summed E-state index contributed by atoms with van der Waals surface area (Å²) in [5.41, 5.74) is 1.95. The molecule has 1 atom stereocenters. The van der Waals surface area contributed by atoms with Crippen molar-refractivity contribution in [3.8, 4) is 0 Å². The number of hydrogen-bond donors (Lipinski definition) is 1. The molecule has 0 amide bonds. The van der Waals surface area contributed by atoms with Gasteiger partial charge in [-0.15, -0.1) is 0 Å². The molecule has 21 heavy (non-hydrogen) atoms. The Morgan fingerprint density at radius 1 is 1.43 bits per heavy atom. The Labute approximate surface area is 125 Å². The Morgan fingerprint density at radius 3 is 3.00 bits per heavy atom. The van der Waals surface area contributed by atoms with Gasteiger partial charge in [0, 0.05) is 38.4 Å². The molecule has 114 valence electrons. The zero-order valence-electron chi connectivity index (χ0n) is 12.9. The zero-order valence-corrected chi connectivity index (χ0v) is 12.9. The third kappa shape index (κ3) is 2.80. The van der Waals surface area contributed by atoms with E-state index in [-0.39, 0.29) is 6.61 Å².